The maximum absolute atomic E-state index is 12.8. The molecule has 0 spiro atoms. The molecule has 10 nitrogen and oxygen atoms in total. The van der Waals surface area contributed by atoms with E-state index in [4.69, 9.17) is 4.74 Å². The van der Waals surface area contributed by atoms with Crippen LogP contribution in [0.3, 0.4) is 0 Å². The van der Waals surface area contributed by atoms with E-state index in [0.717, 1.165) is 28.8 Å². The highest BCUT2D eigenvalue weighted by molar-refractivity contribution is 8.15. The van der Waals surface area contributed by atoms with Crippen LogP contribution >= 0.6 is 11.8 Å². The standard InChI is InChI=1S/C29H22F6N6O4S/c1-17-2-11-23(44-13-12-28(30,31)32)22(14-17)41-24(42)15-46-27(41)38-26(43)37-19-5-7-20(8-6-19)40-16-36-25(39-40)18-3-9-21(10-4-18)45-29(33,34)35/h2-11,14,16H,12-13,15H2,1H3,(H,37,43). The van der Waals surface area contributed by atoms with Gasteiger partial charge in [-0.1, -0.05) is 17.8 Å². The Hall–Kier alpha value is -5.06. The lowest BCUT2D eigenvalue weighted by Gasteiger charge is -2.20. The smallest absolute Gasteiger partial charge is 0.491 e. The summed E-state index contributed by atoms with van der Waals surface area (Å²) in [5, 5.41) is 6.95. The average molecular weight is 665 g/mol. The molecular formula is C29H22F6N6O4S. The fraction of sp³-hybridized carbons (Fsp3) is 0.207. The van der Waals surface area contributed by atoms with Crippen molar-refractivity contribution in [1.29, 1.82) is 0 Å². The van der Waals surface area contributed by atoms with Gasteiger partial charge in [-0.3, -0.25) is 9.69 Å². The van der Waals surface area contributed by atoms with Crippen molar-refractivity contribution in [2.24, 2.45) is 4.99 Å². The van der Waals surface area contributed by atoms with Gasteiger partial charge in [0.05, 0.1) is 30.2 Å². The first-order valence-electron chi connectivity index (χ1n) is 13.3. The Labute approximate surface area is 261 Å². The van der Waals surface area contributed by atoms with Gasteiger partial charge in [0, 0.05) is 11.3 Å². The zero-order valence-electron chi connectivity index (χ0n) is 23.6. The number of anilines is 2. The number of urea groups is 1. The number of benzene rings is 3. The number of ether oxygens (including phenoxy) is 2. The Bertz CT molecular complexity index is 1760. The zero-order valence-corrected chi connectivity index (χ0v) is 24.4. The van der Waals surface area contributed by atoms with Crippen LogP contribution < -0.4 is 19.7 Å². The molecule has 240 valence electrons. The number of aryl methyl sites for hydroxylation is 1. The molecule has 0 radical (unpaired) electrons. The van der Waals surface area contributed by atoms with Crippen molar-refractivity contribution in [1.82, 2.24) is 14.8 Å². The Balaban J connectivity index is 1.26. The van der Waals surface area contributed by atoms with E-state index in [0.29, 0.717) is 22.5 Å². The number of carbonyl (C=O) groups excluding carboxylic acids is 2. The number of halogens is 6. The Morgan fingerprint density at radius 1 is 1.02 bits per heavy atom. The Morgan fingerprint density at radius 3 is 2.41 bits per heavy atom. The third kappa shape index (κ3) is 8.35. The summed E-state index contributed by atoms with van der Waals surface area (Å²) in [5.74, 6) is -0.550. The third-order valence-corrected chi connectivity index (χ3v) is 7.11. The van der Waals surface area contributed by atoms with Gasteiger partial charge in [0.1, 0.15) is 17.8 Å². The van der Waals surface area contributed by atoms with E-state index in [1.54, 1.807) is 43.3 Å². The zero-order chi connectivity index (χ0) is 33.1. The molecule has 0 saturated carbocycles. The summed E-state index contributed by atoms with van der Waals surface area (Å²) in [6.45, 7) is 1.08. The normalized spacial score (nSPS) is 14.5. The van der Waals surface area contributed by atoms with E-state index in [1.165, 1.54) is 29.2 Å². The first-order chi connectivity index (χ1) is 21.7. The summed E-state index contributed by atoms with van der Waals surface area (Å²) in [7, 11) is 0. The molecule has 1 fully saturated rings. The molecule has 0 unspecified atom stereocenters. The molecule has 17 heteroatoms. The molecule has 1 saturated heterocycles. The van der Waals surface area contributed by atoms with Gasteiger partial charge in [0.25, 0.3) is 0 Å². The van der Waals surface area contributed by atoms with Crippen LogP contribution in [0, 0.1) is 6.92 Å². The maximum atomic E-state index is 12.8. The number of nitrogens with zero attached hydrogens (tertiary/aromatic N) is 5. The molecule has 0 bridgehead atoms. The van der Waals surface area contributed by atoms with Crippen LogP contribution in [0.25, 0.3) is 17.1 Å². The highest BCUT2D eigenvalue weighted by Crippen LogP contribution is 2.36. The molecule has 4 aromatic rings. The van der Waals surface area contributed by atoms with Gasteiger partial charge < -0.3 is 14.8 Å². The number of carbonyl (C=O) groups is 2. The number of amides is 3. The molecule has 3 amide bonds. The maximum Gasteiger partial charge on any atom is 0.573 e. The van der Waals surface area contributed by atoms with E-state index in [2.05, 4.69) is 25.1 Å². The fourth-order valence-corrected chi connectivity index (χ4v) is 5.00. The summed E-state index contributed by atoms with van der Waals surface area (Å²) in [5.41, 5.74) is 2.25. The molecule has 0 atom stereocenters. The summed E-state index contributed by atoms with van der Waals surface area (Å²) >= 11 is 0.993. The summed E-state index contributed by atoms with van der Waals surface area (Å²) in [6.07, 6.45) is -9.00. The fourth-order valence-electron chi connectivity index (χ4n) is 4.14. The molecule has 2 heterocycles. The van der Waals surface area contributed by atoms with E-state index >= 15 is 0 Å². The number of aliphatic imine (C=N–C) groups is 1. The predicted octanol–water partition coefficient (Wildman–Crippen LogP) is 7.14. The Morgan fingerprint density at radius 2 is 1.74 bits per heavy atom. The van der Waals surface area contributed by atoms with Crippen LogP contribution in [0.1, 0.15) is 12.0 Å². The lowest BCUT2D eigenvalue weighted by atomic mass is 10.2. The molecule has 3 aromatic carbocycles. The van der Waals surface area contributed by atoms with Gasteiger partial charge in [-0.25, -0.2) is 14.5 Å². The SMILES string of the molecule is Cc1ccc(OCCC(F)(F)F)c(N2C(=O)CSC2=NC(=O)Nc2ccc(-n3cnc(-c4ccc(OC(F)(F)F)cc4)n3)cc2)c1. The monoisotopic (exact) mass is 664 g/mol. The molecule has 0 aliphatic carbocycles. The highest BCUT2D eigenvalue weighted by Gasteiger charge is 2.34. The molecule has 1 aliphatic heterocycles. The quantitative estimate of drug-likeness (QED) is 0.199. The van der Waals surface area contributed by atoms with Gasteiger partial charge in [-0.15, -0.1) is 18.3 Å². The van der Waals surface area contributed by atoms with E-state index in [1.807, 2.05) is 0 Å². The Kier molecular flexibility index (Phi) is 9.22. The molecule has 1 aliphatic rings. The lowest BCUT2D eigenvalue weighted by Crippen LogP contribution is -2.31. The molecule has 46 heavy (non-hydrogen) atoms. The van der Waals surface area contributed by atoms with Crippen LogP contribution in [0.5, 0.6) is 11.5 Å². The van der Waals surface area contributed by atoms with Gasteiger partial charge >= 0.3 is 18.6 Å². The van der Waals surface area contributed by atoms with Gasteiger partial charge in [0.2, 0.25) is 5.91 Å². The number of hydrogen-bond donors (Lipinski definition) is 1. The molecule has 1 N–H and O–H groups in total. The average Bonchev–Trinajstić information content (AvgIpc) is 3.60. The minimum Gasteiger partial charge on any atom is -0.491 e. The number of hydrogen-bond acceptors (Lipinski definition) is 7. The number of rotatable bonds is 8. The van der Waals surface area contributed by atoms with E-state index in [9.17, 15) is 35.9 Å². The highest BCUT2D eigenvalue weighted by atomic mass is 32.2. The number of thioether (sulfide) groups is 1. The molecular weight excluding hydrogens is 642 g/mol. The van der Waals surface area contributed by atoms with Crippen molar-refractivity contribution in [3.63, 3.8) is 0 Å². The van der Waals surface area contributed by atoms with Crippen molar-refractivity contribution in [3.8, 4) is 28.6 Å². The first-order valence-corrected chi connectivity index (χ1v) is 14.3. The summed E-state index contributed by atoms with van der Waals surface area (Å²) in [4.78, 5) is 34.9. The second-order valence-corrected chi connectivity index (χ2v) is 10.6. The number of nitrogens with one attached hydrogen (secondary N) is 1. The van der Waals surface area contributed by atoms with Crippen LogP contribution in [0.2, 0.25) is 0 Å². The van der Waals surface area contributed by atoms with Gasteiger partial charge in [-0.05, 0) is 73.2 Å². The van der Waals surface area contributed by atoms with Crippen molar-refractivity contribution >= 4 is 40.2 Å². The number of alkyl halides is 6. The van der Waals surface area contributed by atoms with Crippen LogP contribution in [-0.4, -0.2) is 56.8 Å². The van der Waals surface area contributed by atoms with Gasteiger partial charge in [-0.2, -0.15) is 18.2 Å². The van der Waals surface area contributed by atoms with E-state index in [-0.39, 0.29) is 33.9 Å². The van der Waals surface area contributed by atoms with Crippen molar-refractivity contribution in [2.75, 3.05) is 22.6 Å². The van der Waals surface area contributed by atoms with Crippen LogP contribution in [0.15, 0.2) is 78.0 Å². The second kappa shape index (κ2) is 13.1. The third-order valence-electron chi connectivity index (χ3n) is 6.18. The van der Waals surface area contributed by atoms with Crippen LogP contribution in [-0.2, 0) is 4.79 Å². The van der Waals surface area contributed by atoms with Gasteiger partial charge in [0.15, 0.2) is 11.0 Å². The van der Waals surface area contributed by atoms with Crippen LogP contribution in [0.4, 0.5) is 42.5 Å². The minimum atomic E-state index is -4.81. The largest absolute Gasteiger partial charge is 0.573 e. The number of amidine groups is 1. The predicted molar refractivity (Wildman–Crippen MR) is 157 cm³/mol. The molecule has 1 aromatic heterocycles. The van der Waals surface area contributed by atoms with Crippen molar-refractivity contribution < 1.29 is 45.4 Å². The van der Waals surface area contributed by atoms with Crippen molar-refractivity contribution in [3.05, 3.63) is 78.6 Å². The lowest BCUT2D eigenvalue weighted by molar-refractivity contribution is -0.274. The second-order valence-electron chi connectivity index (χ2n) is 9.66. The molecule has 5 rings (SSSR count). The summed E-state index contributed by atoms with van der Waals surface area (Å²) < 4.78 is 85.8. The van der Waals surface area contributed by atoms with Crippen molar-refractivity contribution in [2.45, 2.75) is 25.9 Å². The summed E-state index contributed by atoms with van der Waals surface area (Å²) in [6, 6.07) is 15.3. The van der Waals surface area contributed by atoms with E-state index < -0.39 is 37.5 Å². The first kappa shape index (κ1) is 32.3. The minimum absolute atomic E-state index is 0.0264. The topological polar surface area (TPSA) is 111 Å². The number of aromatic nitrogens is 3.